The van der Waals surface area contributed by atoms with E-state index < -0.39 is 0 Å². The fourth-order valence-electron chi connectivity index (χ4n) is 1.72. The molecule has 1 aromatic carbocycles. The molecule has 1 atom stereocenters. The maximum atomic E-state index is 4.48. The lowest BCUT2D eigenvalue weighted by Gasteiger charge is -2.09. The molecule has 0 spiro atoms. The predicted molar refractivity (Wildman–Crippen MR) is 65.6 cm³/mol. The van der Waals surface area contributed by atoms with Gasteiger partial charge in [0.25, 0.3) is 0 Å². The first-order valence-electron chi connectivity index (χ1n) is 5.93. The molecule has 2 rings (SSSR count). The second kappa shape index (κ2) is 5.11. The van der Waals surface area contributed by atoms with Crippen LogP contribution < -0.4 is 0 Å². The van der Waals surface area contributed by atoms with Crippen LogP contribution in [0.4, 0.5) is 0 Å². The van der Waals surface area contributed by atoms with Crippen molar-refractivity contribution in [1.82, 2.24) is 0 Å². The van der Waals surface area contributed by atoms with Crippen LogP contribution in [0.15, 0.2) is 35.3 Å². The number of rotatable bonds is 5. The van der Waals surface area contributed by atoms with Crippen molar-refractivity contribution in [3.63, 3.8) is 0 Å². The highest BCUT2D eigenvalue weighted by atomic mass is 14.8. The molecular weight excluding hydrogens is 182 g/mol. The molecule has 1 heteroatoms. The van der Waals surface area contributed by atoms with Crippen LogP contribution >= 0.6 is 0 Å². The Balaban J connectivity index is 1.74. The molecule has 0 amide bonds. The molecule has 1 aliphatic rings. The molecule has 1 unspecified atom stereocenters. The molecule has 0 radical (unpaired) electrons. The van der Waals surface area contributed by atoms with Gasteiger partial charge in [-0.2, -0.15) is 0 Å². The Hall–Kier alpha value is -1.11. The highest BCUT2D eigenvalue weighted by molar-refractivity contribution is 5.57. The van der Waals surface area contributed by atoms with Gasteiger partial charge in [0.05, 0.1) is 0 Å². The Kier molecular flexibility index (Phi) is 3.54. The number of hydrogen-bond acceptors (Lipinski definition) is 1. The molecule has 80 valence electrons. The lowest BCUT2D eigenvalue weighted by atomic mass is 9.97. The van der Waals surface area contributed by atoms with Gasteiger partial charge in [-0.25, -0.2) is 0 Å². The van der Waals surface area contributed by atoms with Crippen molar-refractivity contribution in [2.45, 2.75) is 44.6 Å². The van der Waals surface area contributed by atoms with Crippen LogP contribution in [0.1, 0.15) is 44.1 Å². The fourth-order valence-corrected chi connectivity index (χ4v) is 1.72. The molecule has 1 nitrogen and oxygen atoms in total. The number of nitrogens with zero attached hydrogens (tertiary/aromatic N) is 1. The van der Waals surface area contributed by atoms with E-state index in [1.54, 1.807) is 0 Å². The molecule has 0 aromatic heterocycles. The van der Waals surface area contributed by atoms with Crippen molar-refractivity contribution in [3.05, 3.63) is 35.9 Å². The van der Waals surface area contributed by atoms with Crippen molar-refractivity contribution in [3.8, 4) is 0 Å². The van der Waals surface area contributed by atoms with Crippen molar-refractivity contribution < 1.29 is 0 Å². The van der Waals surface area contributed by atoms with E-state index in [0.29, 0.717) is 12.0 Å². The van der Waals surface area contributed by atoms with Gasteiger partial charge in [-0.3, -0.25) is 4.99 Å². The first kappa shape index (κ1) is 10.4. The fraction of sp³-hybridized carbons (Fsp3) is 0.500. The van der Waals surface area contributed by atoms with Gasteiger partial charge in [-0.1, -0.05) is 37.3 Å². The third-order valence-corrected chi connectivity index (χ3v) is 2.96. The van der Waals surface area contributed by atoms with Crippen LogP contribution in [0.25, 0.3) is 0 Å². The summed E-state index contributed by atoms with van der Waals surface area (Å²) in [4.78, 5) is 4.48. The van der Waals surface area contributed by atoms with Gasteiger partial charge >= 0.3 is 0 Å². The summed E-state index contributed by atoms with van der Waals surface area (Å²) in [6.45, 7) is 2.29. The van der Waals surface area contributed by atoms with Crippen molar-refractivity contribution in [2.75, 3.05) is 0 Å². The molecular formula is C14H19N. The number of benzene rings is 1. The summed E-state index contributed by atoms with van der Waals surface area (Å²) >= 11 is 0. The van der Waals surface area contributed by atoms with Gasteiger partial charge < -0.3 is 0 Å². The van der Waals surface area contributed by atoms with Crippen LogP contribution in [0.2, 0.25) is 0 Å². The van der Waals surface area contributed by atoms with Gasteiger partial charge in [0.2, 0.25) is 0 Å². The van der Waals surface area contributed by atoms with Gasteiger partial charge in [-0.15, -0.1) is 0 Å². The molecule has 1 fully saturated rings. The van der Waals surface area contributed by atoms with Crippen LogP contribution in [0, 0.1) is 0 Å². The lowest BCUT2D eigenvalue weighted by molar-refractivity contribution is 0.706. The standard InChI is InChI=1S/C14H19N/c1-12(13-7-3-2-4-8-13)6-5-11-15-14-9-10-14/h2-4,7-8,11-12,14H,5-6,9-10H2,1H3. The first-order chi connectivity index (χ1) is 7.36. The summed E-state index contributed by atoms with van der Waals surface area (Å²) < 4.78 is 0. The van der Waals surface area contributed by atoms with Crippen LogP contribution in [0.5, 0.6) is 0 Å². The van der Waals surface area contributed by atoms with Gasteiger partial charge in [0.1, 0.15) is 0 Å². The summed E-state index contributed by atoms with van der Waals surface area (Å²) in [6.07, 6.45) is 7.07. The minimum Gasteiger partial charge on any atom is -0.294 e. The highest BCUT2D eigenvalue weighted by Gasteiger charge is 2.18. The van der Waals surface area contributed by atoms with Crippen molar-refractivity contribution >= 4 is 6.21 Å². The van der Waals surface area contributed by atoms with Gasteiger partial charge in [0, 0.05) is 6.04 Å². The molecule has 1 aliphatic carbocycles. The van der Waals surface area contributed by atoms with E-state index in [9.17, 15) is 0 Å². The first-order valence-corrected chi connectivity index (χ1v) is 5.93. The summed E-state index contributed by atoms with van der Waals surface area (Å²) in [6, 6.07) is 11.4. The maximum Gasteiger partial charge on any atom is 0.0497 e. The van der Waals surface area contributed by atoms with E-state index in [0.717, 1.165) is 6.42 Å². The van der Waals surface area contributed by atoms with E-state index >= 15 is 0 Å². The predicted octanol–water partition coefficient (Wildman–Crippen LogP) is 3.80. The second-order valence-electron chi connectivity index (χ2n) is 4.45. The molecule has 0 saturated heterocycles. The van der Waals surface area contributed by atoms with Crippen molar-refractivity contribution in [1.29, 1.82) is 0 Å². The van der Waals surface area contributed by atoms with E-state index in [2.05, 4.69) is 48.5 Å². The SMILES string of the molecule is CC(CCC=NC1CC1)c1ccccc1. The summed E-state index contributed by atoms with van der Waals surface area (Å²) in [5, 5.41) is 0. The topological polar surface area (TPSA) is 12.4 Å². The zero-order chi connectivity index (χ0) is 10.5. The largest absolute Gasteiger partial charge is 0.294 e. The average molecular weight is 201 g/mol. The summed E-state index contributed by atoms with van der Waals surface area (Å²) in [5.41, 5.74) is 1.44. The highest BCUT2D eigenvalue weighted by Crippen LogP contribution is 2.23. The smallest absolute Gasteiger partial charge is 0.0497 e. The Morgan fingerprint density at radius 2 is 2.07 bits per heavy atom. The Labute approximate surface area is 92.2 Å². The van der Waals surface area contributed by atoms with Crippen LogP contribution in [-0.2, 0) is 0 Å². The molecule has 0 aliphatic heterocycles. The molecule has 0 bridgehead atoms. The zero-order valence-electron chi connectivity index (χ0n) is 9.39. The van der Waals surface area contributed by atoms with E-state index in [4.69, 9.17) is 0 Å². The number of aliphatic imine (C=N–C) groups is 1. The quantitative estimate of drug-likeness (QED) is 0.642. The van der Waals surface area contributed by atoms with Gasteiger partial charge in [0.15, 0.2) is 0 Å². The van der Waals surface area contributed by atoms with E-state index in [1.807, 2.05) is 0 Å². The monoisotopic (exact) mass is 201 g/mol. The van der Waals surface area contributed by atoms with Crippen molar-refractivity contribution in [2.24, 2.45) is 4.99 Å². The lowest BCUT2D eigenvalue weighted by Crippen LogP contribution is -1.93. The molecule has 1 saturated carbocycles. The normalized spacial score (nSPS) is 18.2. The van der Waals surface area contributed by atoms with E-state index in [-0.39, 0.29) is 0 Å². The third-order valence-electron chi connectivity index (χ3n) is 2.96. The van der Waals surface area contributed by atoms with Gasteiger partial charge in [-0.05, 0) is 43.4 Å². The number of hydrogen-bond donors (Lipinski definition) is 0. The molecule has 0 heterocycles. The minimum absolute atomic E-state index is 0.650. The minimum atomic E-state index is 0.650. The third kappa shape index (κ3) is 3.50. The summed E-state index contributed by atoms with van der Waals surface area (Å²) in [5.74, 6) is 0.650. The van der Waals surface area contributed by atoms with Crippen LogP contribution in [-0.4, -0.2) is 12.3 Å². The Morgan fingerprint density at radius 1 is 1.33 bits per heavy atom. The molecule has 15 heavy (non-hydrogen) atoms. The average Bonchev–Trinajstić information content (AvgIpc) is 3.09. The Morgan fingerprint density at radius 3 is 2.73 bits per heavy atom. The Bertz CT molecular complexity index is 311. The summed E-state index contributed by atoms with van der Waals surface area (Å²) in [7, 11) is 0. The molecule has 0 N–H and O–H groups in total. The van der Waals surface area contributed by atoms with E-state index in [1.165, 1.54) is 24.8 Å². The zero-order valence-corrected chi connectivity index (χ0v) is 9.39. The van der Waals surface area contributed by atoms with Crippen LogP contribution in [0.3, 0.4) is 0 Å². The second-order valence-corrected chi connectivity index (χ2v) is 4.45. The molecule has 1 aromatic rings. The maximum absolute atomic E-state index is 4.48.